The fourth-order valence-corrected chi connectivity index (χ4v) is 4.65. The second-order valence-electron chi connectivity index (χ2n) is 8.61. The lowest BCUT2D eigenvalue weighted by Gasteiger charge is -2.44. The number of benzene rings is 2. The molecule has 0 unspecified atom stereocenters. The van der Waals surface area contributed by atoms with Crippen molar-refractivity contribution in [2.45, 2.75) is 44.9 Å². The summed E-state index contributed by atoms with van der Waals surface area (Å²) in [6.45, 7) is 5.96. The summed E-state index contributed by atoms with van der Waals surface area (Å²) >= 11 is 5.95. The maximum atomic E-state index is 13.3. The smallest absolute Gasteiger partial charge is 0.253 e. The van der Waals surface area contributed by atoms with Crippen molar-refractivity contribution >= 4 is 23.4 Å². The van der Waals surface area contributed by atoms with Gasteiger partial charge in [-0.15, -0.1) is 0 Å². The molecule has 2 aromatic rings. The van der Waals surface area contributed by atoms with E-state index in [-0.39, 0.29) is 23.8 Å². The van der Waals surface area contributed by atoms with Crippen LogP contribution in [-0.4, -0.2) is 46.4 Å². The molecule has 158 valence electrons. The van der Waals surface area contributed by atoms with Gasteiger partial charge in [0.2, 0.25) is 5.91 Å². The molecule has 1 spiro atoms. The van der Waals surface area contributed by atoms with E-state index in [0.29, 0.717) is 43.1 Å². The van der Waals surface area contributed by atoms with Gasteiger partial charge < -0.3 is 9.80 Å². The third-order valence-corrected chi connectivity index (χ3v) is 6.54. The molecule has 4 rings (SSSR count). The number of likely N-dealkylation sites (tertiary alicyclic amines) is 1. The van der Waals surface area contributed by atoms with Crippen LogP contribution in [0.3, 0.4) is 0 Å². The average molecular weight is 426 g/mol. The van der Waals surface area contributed by atoms with Gasteiger partial charge in [-0.2, -0.15) is 0 Å². The van der Waals surface area contributed by atoms with Gasteiger partial charge in [-0.25, -0.2) is 0 Å². The normalized spacial score (nSPS) is 20.9. The molecule has 0 bridgehead atoms. The number of halogens is 1. The Morgan fingerprint density at radius 2 is 1.73 bits per heavy atom. The highest BCUT2D eigenvalue weighted by atomic mass is 35.5. The second kappa shape index (κ2) is 8.40. The number of hydrogen-bond donors (Lipinski definition) is 1. The molecule has 1 N–H and O–H groups in total. The summed E-state index contributed by atoms with van der Waals surface area (Å²) in [6.07, 6.45) is 1.43. The molecule has 2 heterocycles. The fraction of sp³-hybridized carbons (Fsp3) is 0.417. The Balaban J connectivity index is 1.52. The van der Waals surface area contributed by atoms with Gasteiger partial charge in [-0.1, -0.05) is 55.8 Å². The predicted octanol–water partition coefficient (Wildman–Crippen LogP) is 3.93. The van der Waals surface area contributed by atoms with E-state index in [2.05, 4.69) is 31.3 Å². The second-order valence-corrected chi connectivity index (χ2v) is 9.04. The van der Waals surface area contributed by atoms with Crippen LogP contribution < -0.4 is 5.32 Å². The van der Waals surface area contributed by atoms with E-state index in [4.69, 9.17) is 11.6 Å². The van der Waals surface area contributed by atoms with Crippen molar-refractivity contribution in [3.63, 3.8) is 0 Å². The van der Waals surface area contributed by atoms with Crippen LogP contribution in [0.25, 0.3) is 0 Å². The summed E-state index contributed by atoms with van der Waals surface area (Å²) in [6, 6.07) is 16.9. The zero-order valence-electron chi connectivity index (χ0n) is 17.5. The Morgan fingerprint density at radius 1 is 1.10 bits per heavy atom. The third kappa shape index (κ3) is 3.96. The maximum absolute atomic E-state index is 13.3. The number of carbonyl (C=O) groups excluding carboxylic acids is 2. The molecule has 2 aromatic carbocycles. The molecule has 0 aromatic heterocycles. The number of rotatable bonds is 4. The molecule has 2 aliphatic heterocycles. The van der Waals surface area contributed by atoms with Crippen LogP contribution in [-0.2, 0) is 11.3 Å². The first-order valence-electron chi connectivity index (χ1n) is 10.6. The number of amides is 2. The van der Waals surface area contributed by atoms with Gasteiger partial charge in [-0.05, 0) is 35.7 Å². The molecule has 2 fully saturated rings. The summed E-state index contributed by atoms with van der Waals surface area (Å²) in [5.74, 6) is 0.385. The predicted molar refractivity (Wildman–Crippen MR) is 118 cm³/mol. The summed E-state index contributed by atoms with van der Waals surface area (Å²) in [7, 11) is 0. The first-order valence-corrected chi connectivity index (χ1v) is 11.0. The molecule has 1 atom stereocenters. The van der Waals surface area contributed by atoms with Gasteiger partial charge in [0.05, 0.1) is 11.7 Å². The molecule has 0 aliphatic carbocycles. The lowest BCUT2D eigenvalue weighted by atomic mass is 9.94. The van der Waals surface area contributed by atoms with E-state index in [9.17, 15) is 9.59 Å². The van der Waals surface area contributed by atoms with Crippen LogP contribution in [0.2, 0.25) is 5.02 Å². The molecule has 2 amide bonds. The van der Waals surface area contributed by atoms with Crippen LogP contribution in [0.4, 0.5) is 0 Å². The zero-order valence-corrected chi connectivity index (χ0v) is 18.2. The Morgan fingerprint density at radius 3 is 2.33 bits per heavy atom. The minimum Gasteiger partial charge on any atom is -0.338 e. The van der Waals surface area contributed by atoms with Crippen molar-refractivity contribution in [2.24, 2.45) is 5.92 Å². The zero-order chi connectivity index (χ0) is 21.3. The van der Waals surface area contributed by atoms with Crippen molar-refractivity contribution in [1.82, 2.24) is 15.1 Å². The van der Waals surface area contributed by atoms with Crippen LogP contribution in [0, 0.1) is 5.92 Å². The van der Waals surface area contributed by atoms with Crippen LogP contribution >= 0.6 is 11.6 Å². The van der Waals surface area contributed by atoms with Gasteiger partial charge in [0.25, 0.3) is 5.91 Å². The number of nitrogens with zero attached hydrogens (tertiary/aromatic N) is 2. The highest BCUT2D eigenvalue weighted by Crippen LogP contribution is 2.35. The van der Waals surface area contributed by atoms with Crippen molar-refractivity contribution in [3.05, 3.63) is 70.7 Å². The minimum atomic E-state index is -0.404. The summed E-state index contributed by atoms with van der Waals surface area (Å²) in [5.41, 5.74) is 1.36. The van der Waals surface area contributed by atoms with Gasteiger partial charge in [0, 0.05) is 43.1 Å². The van der Waals surface area contributed by atoms with Crippen molar-refractivity contribution in [3.8, 4) is 0 Å². The van der Waals surface area contributed by atoms with E-state index in [0.717, 1.165) is 5.56 Å². The molecular weight excluding hydrogens is 398 g/mol. The Bertz CT molecular complexity index is 906. The van der Waals surface area contributed by atoms with Gasteiger partial charge in [0.15, 0.2) is 0 Å². The molecule has 6 heteroatoms. The fourth-order valence-electron chi connectivity index (χ4n) is 4.52. The van der Waals surface area contributed by atoms with Crippen molar-refractivity contribution in [1.29, 1.82) is 0 Å². The molecular formula is C24H28ClN3O2. The van der Waals surface area contributed by atoms with E-state index in [1.54, 1.807) is 24.3 Å². The molecule has 5 nitrogen and oxygen atoms in total. The van der Waals surface area contributed by atoms with E-state index >= 15 is 0 Å². The maximum Gasteiger partial charge on any atom is 0.253 e. The first-order chi connectivity index (χ1) is 14.4. The number of hydrogen-bond acceptors (Lipinski definition) is 3. The summed E-state index contributed by atoms with van der Waals surface area (Å²) in [5, 5.41) is 4.27. The average Bonchev–Trinajstić information content (AvgIpc) is 3.01. The molecule has 30 heavy (non-hydrogen) atoms. The first kappa shape index (κ1) is 20.9. The Kier molecular flexibility index (Phi) is 5.85. The van der Waals surface area contributed by atoms with E-state index in [1.165, 1.54) is 0 Å². The number of piperidine rings is 1. The third-order valence-electron chi connectivity index (χ3n) is 6.29. The lowest BCUT2D eigenvalue weighted by molar-refractivity contribution is -0.134. The molecule has 2 aliphatic rings. The van der Waals surface area contributed by atoms with Crippen LogP contribution in [0.15, 0.2) is 54.6 Å². The Labute approximate surface area is 183 Å². The highest BCUT2D eigenvalue weighted by Gasteiger charge is 2.52. The minimum absolute atomic E-state index is 0.0147. The SMILES string of the molecule is CC(C)[C@@H]1NC2(CCN(C(=O)c3ccc(Cl)cc3)CC2)N(Cc2ccccc2)C1=O. The van der Waals surface area contributed by atoms with Crippen molar-refractivity contribution in [2.75, 3.05) is 13.1 Å². The monoisotopic (exact) mass is 425 g/mol. The topological polar surface area (TPSA) is 52.7 Å². The lowest BCUT2D eigenvalue weighted by Crippen LogP contribution is -2.59. The van der Waals surface area contributed by atoms with Gasteiger partial charge >= 0.3 is 0 Å². The van der Waals surface area contributed by atoms with Gasteiger partial charge in [0.1, 0.15) is 0 Å². The Hall–Kier alpha value is -2.37. The highest BCUT2D eigenvalue weighted by molar-refractivity contribution is 6.30. The largest absolute Gasteiger partial charge is 0.338 e. The summed E-state index contributed by atoms with van der Waals surface area (Å²) < 4.78 is 0. The van der Waals surface area contributed by atoms with Gasteiger partial charge in [-0.3, -0.25) is 14.9 Å². The quantitative estimate of drug-likeness (QED) is 0.807. The molecule has 0 radical (unpaired) electrons. The number of carbonyl (C=O) groups is 2. The summed E-state index contributed by atoms with van der Waals surface area (Å²) in [4.78, 5) is 30.1. The molecule has 2 saturated heterocycles. The number of nitrogens with one attached hydrogen (secondary N) is 1. The van der Waals surface area contributed by atoms with E-state index < -0.39 is 5.66 Å². The molecule has 0 saturated carbocycles. The van der Waals surface area contributed by atoms with Crippen LogP contribution in [0.1, 0.15) is 42.6 Å². The van der Waals surface area contributed by atoms with Crippen LogP contribution in [0.5, 0.6) is 0 Å². The standard InChI is InChI=1S/C24H28ClN3O2/c1-17(2)21-23(30)28(16-18-6-4-3-5-7-18)24(26-21)12-14-27(15-13-24)22(29)19-8-10-20(25)11-9-19/h3-11,17,21,26H,12-16H2,1-2H3/t21-/m0/s1. The van der Waals surface area contributed by atoms with E-state index in [1.807, 2.05) is 28.0 Å². The van der Waals surface area contributed by atoms with Crippen molar-refractivity contribution < 1.29 is 9.59 Å².